The van der Waals surface area contributed by atoms with Crippen LogP contribution in [0.4, 0.5) is 4.39 Å². The van der Waals surface area contributed by atoms with E-state index in [-0.39, 0.29) is 11.7 Å². The molecule has 0 radical (unpaired) electrons. The number of nitrogens with zero attached hydrogens (tertiary/aromatic N) is 3. The number of aromatic nitrogens is 3. The van der Waals surface area contributed by atoms with E-state index in [1.54, 1.807) is 12.4 Å². The molecule has 0 bridgehead atoms. The van der Waals surface area contributed by atoms with Gasteiger partial charge in [-0.05, 0) is 25.8 Å². The monoisotopic (exact) mass is 442 g/mol. The van der Waals surface area contributed by atoms with Crippen molar-refractivity contribution in [1.82, 2.24) is 19.4 Å². The van der Waals surface area contributed by atoms with Crippen LogP contribution in [0.2, 0.25) is 0 Å². The molecule has 168 valence electrons. The summed E-state index contributed by atoms with van der Waals surface area (Å²) < 4.78 is 16.1. The van der Waals surface area contributed by atoms with Crippen molar-refractivity contribution in [3.8, 4) is 0 Å². The number of hydrogen-bond donors (Lipinski definition) is 3. The van der Waals surface area contributed by atoms with E-state index >= 15 is 0 Å². The summed E-state index contributed by atoms with van der Waals surface area (Å²) in [6, 6.07) is 4.94. The molecule has 9 nitrogen and oxygen atoms in total. The first-order valence-corrected chi connectivity index (χ1v) is 9.88. The van der Waals surface area contributed by atoms with Gasteiger partial charge in [-0.1, -0.05) is 12.1 Å². The van der Waals surface area contributed by atoms with Crippen LogP contribution in [0.25, 0.3) is 10.9 Å². The molecule has 2 aromatic heterocycles. The topological polar surface area (TPSA) is 129 Å². The molecular formula is C22H23FN4O5. The predicted octanol–water partition coefficient (Wildman–Crippen LogP) is 2.65. The summed E-state index contributed by atoms with van der Waals surface area (Å²) >= 11 is 0. The van der Waals surface area contributed by atoms with Gasteiger partial charge in [-0.2, -0.15) is 0 Å². The van der Waals surface area contributed by atoms with E-state index < -0.39 is 11.9 Å². The average Bonchev–Trinajstić information content (AvgIpc) is 3.21. The quantitative estimate of drug-likeness (QED) is 0.533. The molecule has 0 saturated heterocycles. The summed E-state index contributed by atoms with van der Waals surface area (Å²) in [7, 11) is 1.84. The molecule has 10 heteroatoms. The number of amides is 1. The van der Waals surface area contributed by atoms with Crippen LogP contribution >= 0.6 is 0 Å². The largest absolute Gasteiger partial charge is 0.478 e. The SMILES string of the molecule is Cc1[nH]cnc1CN1CCCc2c(c3cccc(F)c3n2C)C1=O.O=C(O)/C=C\C(=O)O. The number of benzene rings is 1. The van der Waals surface area contributed by atoms with Crippen molar-refractivity contribution in [2.45, 2.75) is 26.3 Å². The molecular weight excluding hydrogens is 419 g/mol. The molecule has 1 aliphatic heterocycles. The Hall–Kier alpha value is -3.95. The molecule has 4 rings (SSSR count). The fourth-order valence-electron chi connectivity index (χ4n) is 3.77. The van der Waals surface area contributed by atoms with Crippen LogP contribution in [0.5, 0.6) is 0 Å². The number of rotatable bonds is 4. The molecule has 3 heterocycles. The van der Waals surface area contributed by atoms with Crippen LogP contribution in [0.3, 0.4) is 0 Å². The summed E-state index contributed by atoms with van der Waals surface area (Å²) in [5.41, 5.74) is 3.90. The van der Waals surface area contributed by atoms with Crippen molar-refractivity contribution in [2.24, 2.45) is 7.05 Å². The Labute approximate surface area is 182 Å². The maximum atomic E-state index is 14.3. The summed E-state index contributed by atoms with van der Waals surface area (Å²) in [5, 5.41) is 16.3. The van der Waals surface area contributed by atoms with E-state index in [0.29, 0.717) is 41.7 Å². The lowest BCUT2D eigenvalue weighted by Gasteiger charge is -2.20. The number of hydrogen-bond acceptors (Lipinski definition) is 4. The molecule has 0 atom stereocenters. The first-order valence-electron chi connectivity index (χ1n) is 9.88. The summed E-state index contributed by atoms with van der Waals surface area (Å²) in [5.74, 6) is -2.84. The van der Waals surface area contributed by atoms with Gasteiger partial charge < -0.3 is 24.7 Å². The van der Waals surface area contributed by atoms with Gasteiger partial charge in [-0.25, -0.2) is 19.0 Å². The lowest BCUT2D eigenvalue weighted by molar-refractivity contribution is -0.134. The molecule has 0 spiro atoms. The average molecular weight is 442 g/mol. The third kappa shape index (κ3) is 4.69. The highest BCUT2D eigenvalue weighted by molar-refractivity contribution is 6.08. The summed E-state index contributed by atoms with van der Waals surface area (Å²) in [6.07, 6.45) is 4.38. The number of aliphatic carboxylic acids is 2. The van der Waals surface area contributed by atoms with E-state index in [1.807, 2.05) is 29.5 Å². The number of aromatic amines is 1. The Kier molecular flexibility index (Phi) is 6.72. The summed E-state index contributed by atoms with van der Waals surface area (Å²) in [6.45, 7) is 3.10. The fourth-order valence-corrected chi connectivity index (χ4v) is 3.77. The first kappa shape index (κ1) is 22.7. The third-order valence-corrected chi connectivity index (χ3v) is 5.27. The lowest BCUT2D eigenvalue weighted by Crippen LogP contribution is -2.30. The maximum Gasteiger partial charge on any atom is 0.328 e. The molecule has 1 aromatic carbocycles. The van der Waals surface area contributed by atoms with Crippen molar-refractivity contribution in [1.29, 1.82) is 0 Å². The molecule has 0 aliphatic carbocycles. The van der Waals surface area contributed by atoms with Gasteiger partial charge in [0.05, 0.1) is 29.6 Å². The second-order valence-corrected chi connectivity index (χ2v) is 7.33. The number of aryl methyl sites for hydroxylation is 2. The zero-order valence-electron chi connectivity index (χ0n) is 17.6. The number of imidazole rings is 1. The van der Waals surface area contributed by atoms with Crippen molar-refractivity contribution < 1.29 is 29.0 Å². The minimum Gasteiger partial charge on any atom is -0.478 e. The third-order valence-electron chi connectivity index (χ3n) is 5.27. The van der Waals surface area contributed by atoms with Gasteiger partial charge in [0.1, 0.15) is 5.82 Å². The number of fused-ring (bicyclic) bond motifs is 3. The van der Waals surface area contributed by atoms with Gasteiger partial charge in [-0.15, -0.1) is 0 Å². The molecule has 3 aromatic rings. The predicted molar refractivity (Wildman–Crippen MR) is 114 cm³/mol. The van der Waals surface area contributed by atoms with Gasteiger partial charge in [-0.3, -0.25) is 4.79 Å². The normalized spacial score (nSPS) is 13.6. The molecule has 3 N–H and O–H groups in total. The van der Waals surface area contributed by atoms with Crippen molar-refractivity contribution in [3.05, 3.63) is 65.1 Å². The number of carbonyl (C=O) groups excluding carboxylic acids is 1. The number of halogens is 1. The Morgan fingerprint density at radius 3 is 2.53 bits per heavy atom. The zero-order chi connectivity index (χ0) is 23.4. The van der Waals surface area contributed by atoms with Crippen LogP contribution < -0.4 is 0 Å². The van der Waals surface area contributed by atoms with E-state index in [2.05, 4.69) is 9.97 Å². The van der Waals surface area contributed by atoms with Crippen LogP contribution in [0.15, 0.2) is 36.7 Å². The molecule has 1 amide bonds. The summed E-state index contributed by atoms with van der Waals surface area (Å²) in [4.78, 5) is 41.4. The van der Waals surface area contributed by atoms with Crippen molar-refractivity contribution in [3.63, 3.8) is 0 Å². The van der Waals surface area contributed by atoms with E-state index in [4.69, 9.17) is 10.2 Å². The van der Waals surface area contributed by atoms with Crippen LogP contribution in [0.1, 0.15) is 33.9 Å². The first-order chi connectivity index (χ1) is 15.2. The molecule has 32 heavy (non-hydrogen) atoms. The Morgan fingerprint density at radius 2 is 1.94 bits per heavy atom. The number of carbonyl (C=O) groups is 3. The number of carboxylic acids is 2. The van der Waals surface area contributed by atoms with Gasteiger partial charge >= 0.3 is 11.9 Å². The van der Waals surface area contributed by atoms with Crippen molar-refractivity contribution in [2.75, 3.05) is 6.54 Å². The van der Waals surface area contributed by atoms with Crippen LogP contribution in [0, 0.1) is 12.7 Å². The Bertz CT molecular complexity index is 1190. The molecule has 1 aliphatic rings. The number of nitrogens with one attached hydrogen (secondary N) is 1. The minimum atomic E-state index is -1.26. The maximum absolute atomic E-state index is 14.3. The van der Waals surface area contributed by atoms with Gasteiger partial charge in [0.2, 0.25) is 0 Å². The molecule has 0 fully saturated rings. The van der Waals surface area contributed by atoms with E-state index in [1.165, 1.54) is 6.07 Å². The number of para-hydroxylation sites is 1. The van der Waals surface area contributed by atoms with Gasteiger partial charge in [0, 0.05) is 42.5 Å². The molecule has 0 saturated carbocycles. The smallest absolute Gasteiger partial charge is 0.328 e. The highest BCUT2D eigenvalue weighted by Crippen LogP contribution is 2.31. The van der Waals surface area contributed by atoms with Crippen molar-refractivity contribution >= 4 is 28.7 Å². The van der Waals surface area contributed by atoms with Crippen LogP contribution in [-0.4, -0.2) is 54.0 Å². The van der Waals surface area contributed by atoms with Gasteiger partial charge in [0.15, 0.2) is 0 Å². The number of H-pyrrole nitrogens is 1. The zero-order valence-corrected chi connectivity index (χ0v) is 17.6. The minimum absolute atomic E-state index is 0.0406. The van der Waals surface area contributed by atoms with Gasteiger partial charge in [0.25, 0.3) is 5.91 Å². The highest BCUT2D eigenvalue weighted by Gasteiger charge is 2.29. The Balaban J connectivity index is 0.000000312. The fraction of sp³-hybridized carbons (Fsp3) is 0.273. The Morgan fingerprint density at radius 1 is 1.25 bits per heavy atom. The second-order valence-electron chi connectivity index (χ2n) is 7.33. The lowest BCUT2D eigenvalue weighted by atomic mass is 10.1. The van der Waals surface area contributed by atoms with E-state index in [9.17, 15) is 18.8 Å². The van der Waals surface area contributed by atoms with E-state index in [0.717, 1.165) is 29.9 Å². The second kappa shape index (κ2) is 9.46. The number of carboxylic acid groups (broad SMARTS) is 2. The molecule has 0 unspecified atom stereocenters. The highest BCUT2D eigenvalue weighted by atomic mass is 19.1. The van der Waals surface area contributed by atoms with Crippen LogP contribution in [-0.2, 0) is 29.6 Å². The standard InChI is InChI=1S/C18H19FN4O.C4H4O4/c1-11-14(21-10-20-11)9-23-8-4-7-15-16(18(23)24)12-5-3-6-13(19)17(12)22(15)2;5-3(6)1-2-4(7)8/h3,5-6,10H,4,7-9H2,1-2H3,(H,20,21);1-2H,(H,5,6)(H,7,8)/b;2-1-.